The molecule has 0 saturated heterocycles. The molecule has 3 N–H and O–H groups in total. The lowest BCUT2D eigenvalue weighted by molar-refractivity contribution is -0.137. The van der Waals surface area contributed by atoms with E-state index in [-0.39, 0.29) is 58.8 Å². The second-order valence-corrected chi connectivity index (χ2v) is 10.4. The van der Waals surface area contributed by atoms with Gasteiger partial charge in [-0.15, -0.1) is 0 Å². The number of ketones is 1. The van der Waals surface area contributed by atoms with Crippen LogP contribution in [0.1, 0.15) is 76.4 Å². The standard InChI is InChI=1S/C26H37NO5/c1-7-8-17-16(3)14-25(4)13-15(2)9-11-19(25)26(17,5)23(31)21-22(30)18(10-12-20(28)29)27(6)24(21)32/h7-8,14-15,17,19,30,32H,9-13H2,1-6H3,(H,28,29). The van der Waals surface area contributed by atoms with Gasteiger partial charge in [0.05, 0.1) is 12.1 Å². The fraction of sp³-hybridized carbons (Fsp3) is 0.615. The Morgan fingerprint density at radius 1 is 1.25 bits per heavy atom. The molecule has 1 heterocycles. The number of Topliss-reactive ketones (excluding diaryl/α,β-unsaturated/α-hetero) is 1. The van der Waals surface area contributed by atoms with E-state index in [0.717, 1.165) is 24.8 Å². The van der Waals surface area contributed by atoms with Crippen LogP contribution in [-0.4, -0.2) is 31.6 Å². The molecule has 32 heavy (non-hydrogen) atoms. The van der Waals surface area contributed by atoms with E-state index in [4.69, 9.17) is 5.11 Å². The minimum Gasteiger partial charge on any atom is -0.505 e. The molecule has 176 valence electrons. The molecule has 2 aliphatic rings. The van der Waals surface area contributed by atoms with Crippen LogP contribution in [0.25, 0.3) is 0 Å². The molecule has 1 aromatic rings. The van der Waals surface area contributed by atoms with E-state index < -0.39 is 11.4 Å². The van der Waals surface area contributed by atoms with Crippen molar-refractivity contribution in [3.05, 3.63) is 35.1 Å². The van der Waals surface area contributed by atoms with E-state index in [0.29, 0.717) is 5.92 Å². The summed E-state index contributed by atoms with van der Waals surface area (Å²) in [5, 5.41) is 30.9. The second kappa shape index (κ2) is 8.45. The molecule has 1 saturated carbocycles. The molecule has 3 rings (SSSR count). The number of rotatable bonds is 6. The zero-order valence-electron chi connectivity index (χ0n) is 20.1. The highest BCUT2D eigenvalue weighted by molar-refractivity contribution is 6.06. The first kappa shape index (κ1) is 24.1. The lowest BCUT2D eigenvalue weighted by Crippen LogP contribution is -2.53. The minimum atomic E-state index is -1.00. The van der Waals surface area contributed by atoms with Gasteiger partial charge in [-0.2, -0.15) is 0 Å². The fourth-order valence-electron chi connectivity index (χ4n) is 6.76. The summed E-state index contributed by atoms with van der Waals surface area (Å²) in [6, 6.07) is 0. The summed E-state index contributed by atoms with van der Waals surface area (Å²) in [6.07, 6.45) is 9.14. The molecule has 5 atom stereocenters. The Balaban J connectivity index is 2.17. The van der Waals surface area contributed by atoms with Crippen LogP contribution >= 0.6 is 0 Å². The van der Waals surface area contributed by atoms with E-state index in [9.17, 15) is 19.8 Å². The number of fused-ring (bicyclic) bond motifs is 1. The van der Waals surface area contributed by atoms with E-state index in [1.807, 2.05) is 19.9 Å². The van der Waals surface area contributed by atoms with Gasteiger partial charge in [0.2, 0.25) is 5.88 Å². The van der Waals surface area contributed by atoms with E-state index in [1.54, 1.807) is 7.05 Å². The van der Waals surface area contributed by atoms with Crippen LogP contribution in [0.15, 0.2) is 23.8 Å². The summed E-state index contributed by atoms with van der Waals surface area (Å²) in [4.78, 5) is 25.3. The van der Waals surface area contributed by atoms with Gasteiger partial charge in [-0.05, 0) is 43.9 Å². The van der Waals surface area contributed by atoms with Crippen molar-refractivity contribution >= 4 is 11.8 Å². The zero-order chi connectivity index (χ0) is 24.0. The Kier molecular flexibility index (Phi) is 6.38. The Morgan fingerprint density at radius 3 is 2.50 bits per heavy atom. The number of aromatic hydroxyl groups is 2. The van der Waals surface area contributed by atoms with Gasteiger partial charge in [-0.1, -0.05) is 51.0 Å². The van der Waals surface area contributed by atoms with Crippen molar-refractivity contribution in [2.45, 2.75) is 66.7 Å². The number of hydrogen-bond donors (Lipinski definition) is 3. The minimum absolute atomic E-state index is 0.0328. The SMILES string of the molecule is CC=CC1C(C)=CC2(C)CC(C)CCC2C1(C)C(=O)c1c(O)c(CCC(=O)O)n(C)c1O. The maximum absolute atomic E-state index is 14.3. The summed E-state index contributed by atoms with van der Waals surface area (Å²) in [7, 11) is 1.55. The third-order valence-electron chi connectivity index (χ3n) is 8.08. The number of carbonyl (C=O) groups excluding carboxylic acids is 1. The van der Waals surface area contributed by atoms with E-state index in [2.05, 4.69) is 32.9 Å². The van der Waals surface area contributed by atoms with Crippen LogP contribution in [0.4, 0.5) is 0 Å². The quantitative estimate of drug-likeness (QED) is 0.412. The van der Waals surface area contributed by atoms with Crippen LogP contribution in [0.2, 0.25) is 0 Å². The first-order valence-corrected chi connectivity index (χ1v) is 11.6. The van der Waals surface area contributed by atoms with Crippen molar-refractivity contribution in [2.75, 3.05) is 0 Å². The first-order valence-electron chi connectivity index (χ1n) is 11.6. The zero-order valence-corrected chi connectivity index (χ0v) is 20.1. The predicted octanol–water partition coefficient (Wildman–Crippen LogP) is 5.24. The number of aromatic nitrogens is 1. The molecule has 6 nitrogen and oxygen atoms in total. The second-order valence-electron chi connectivity index (χ2n) is 10.4. The van der Waals surface area contributed by atoms with Crippen molar-refractivity contribution in [3.63, 3.8) is 0 Å². The summed E-state index contributed by atoms with van der Waals surface area (Å²) in [5.41, 5.74) is 0.327. The summed E-state index contributed by atoms with van der Waals surface area (Å²) in [5.74, 6) is -1.39. The van der Waals surface area contributed by atoms with Crippen molar-refractivity contribution in [1.29, 1.82) is 0 Å². The van der Waals surface area contributed by atoms with Gasteiger partial charge in [-0.25, -0.2) is 0 Å². The van der Waals surface area contributed by atoms with Gasteiger partial charge < -0.3 is 19.9 Å². The molecule has 0 spiro atoms. The molecule has 6 heteroatoms. The summed E-state index contributed by atoms with van der Waals surface area (Å²) >= 11 is 0. The maximum atomic E-state index is 14.3. The number of hydrogen-bond acceptors (Lipinski definition) is 4. The lowest BCUT2D eigenvalue weighted by atomic mass is 9.46. The van der Waals surface area contributed by atoms with Gasteiger partial charge in [0, 0.05) is 24.8 Å². The average Bonchev–Trinajstić information content (AvgIpc) is 2.90. The number of carboxylic acid groups (broad SMARTS) is 1. The topological polar surface area (TPSA) is 99.8 Å². The van der Waals surface area contributed by atoms with Gasteiger partial charge >= 0.3 is 5.97 Å². The fourth-order valence-corrected chi connectivity index (χ4v) is 6.76. The molecule has 0 aromatic carbocycles. The monoisotopic (exact) mass is 443 g/mol. The molecule has 0 radical (unpaired) electrons. The van der Waals surface area contributed by atoms with Crippen LogP contribution in [0, 0.1) is 28.6 Å². The Hall–Kier alpha value is -2.50. The normalized spacial score (nSPS) is 32.6. The number of nitrogens with zero attached hydrogens (tertiary/aromatic N) is 1. The van der Waals surface area contributed by atoms with Gasteiger partial charge in [0.1, 0.15) is 5.56 Å². The highest BCUT2D eigenvalue weighted by Gasteiger charge is 2.58. The average molecular weight is 444 g/mol. The molecule has 5 unspecified atom stereocenters. The summed E-state index contributed by atoms with van der Waals surface area (Å²) < 4.78 is 1.34. The highest BCUT2D eigenvalue weighted by atomic mass is 16.4. The number of allylic oxidation sites excluding steroid dienone is 4. The highest BCUT2D eigenvalue weighted by Crippen LogP contribution is 2.61. The molecule has 1 fully saturated rings. The first-order chi connectivity index (χ1) is 14.9. The van der Waals surface area contributed by atoms with E-state index >= 15 is 0 Å². The largest absolute Gasteiger partial charge is 0.505 e. The Morgan fingerprint density at radius 2 is 1.91 bits per heavy atom. The smallest absolute Gasteiger partial charge is 0.303 e. The van der Waals surface area contributed by atoms with Gasteiger partial charge in [0.15, 0.2) is 11.5 Å². The maximum Gasteiger partial charge on any atom is 0.303 e. The predicted molar refractivity (Wildman–Crippen MR) is 124 cm³/mol. The van der Waals surface area contributed by atoms with Crippen LogP contribution < -0.4 is 0 Å². The molecular weight excluding hydrogens is 406 g/mol. The van der Waals surface area contributed by atoms with E-state index in [1.165, 1.54) is 4.57 Å². The lowest BCUT2D eigenvalue weighted by Gasteiger charge is -2.56. The number of carbonyl (C=O) groups is 2. The third kappa shape index (κ3) is 3.67. The van der Waals surface area contributed by atoms with Crippen molar-refractivity contribution < 1.29 is 24.9 Å². The molecule has 0 amide bonds. The van der Waals surface area contributed by atoms with Crippen LogP contribution in [0.3, 0.4) is 0 Å². The van der Waals surface area contributed by atoms with Crippen LogP contribution in [-0.2, 0) is 18.3 Å². The summed E-state index contributed by atoms with van der Waals surface area (Å²) in [6.45, 7) is 10.5. The molecular formula is C26H37NO5. The third-order valence-corrected chi connectivity index (χ3v) is 8.08. The number of carboxylic acids is 1. The number of aliphatic carboxylic acids is 1. The van der Waals surface area contributed by atoms with Crippen molar-refractivity contribution in [1.82, 2.24) is 4.57 Å². The Labute approximate surface area is 190 Å². The molecule has 0 bridgehead atoms. The molecule has 0 aliphatic heterocycles. The van der Waals surface area contributed by atoms with Crippen molar-refractivity contribution in [3.8, 4) is 11.6 Å². The molecule has 1 aromatic heterocycles. The van der Waals surface area contributed by atoms with Gasteiger partial charge in [-0.3, -0.25) is 9.59 Å². The Bertz CT molecular complexity index is 987. The van der Waals surface area contributed by atoms with Crippen LogP contribution in [0.5, 0.6) is 11.6 Å². The van der Waals surface area contributed by atoms with Gasteiger partial charge in [0.25, 0.3) is 0 Å². The molecule has 2 aliphatic carbocycles. The van der Waals surface area contributed by atoms with Crippen molar-refractivity contribution in [2.24, 2.45) is 35.6 Å².